The van der Waals surface area contributed by atoms with E-state index < -0.39 is 0 Å². The van der Waals surface area contributed by atoms with Crippen LogP contribution < -0.4 is 5.56 Å². The Hall–Kier alpha value is -2.07. The van der Waals surface area contributed by atoms with Crippen LogP contribution in [0.1, 0.15) is 47.4 Å². The predicted molar refractivity (Wildman–Crippen MR) is 90.9 cm³/mol. The third kappa shape index (κ3) is 3.17. The van der Waals surface area contributed by atoms with Crippen LogP contribution >= 0.6 is 11.6 Å². The van der Waals surface area contributed by atoms with E-state index in [9.17, 15) is 9.59 Å². The maximum Gasteiger partial charge on any atom is 0.260 e. The zero-order valence-electron chi connectivity index (χ0n) is 13.2. The highest BCUT2D eigenvalue weighted by Gasteiger charge is 2.37. The molecule has 4 nitrogen and oxygen atoms in total. The number of amides is 1. The largest absolute Gasteiger partial charge is 0.329 e. The molecule has 0 spiro atoms. The standard InChI is InChI=1S/C18H19ClN2O2/c1-11-7-10-15(17(22)20-11)18(23)21(13-8-9-13)12(2)14-5-3-4-6-16(14)19/h3-7,10,12-13H,8-9H2,1-2H3,(H,20,22). The molecule has 0 saturated heterocycles. The van der Waals surface area contributed by atoms with Crippen molar-refractivity contribution in [2.24, 2.45) is 0 Å². The number of nitrogens with one attached hydrogen (secondary N) is 1. The molecule has 0 bridgehead atoms. The van der Waals surface area contributed by atoms with E-state index in [1.807, 2.05) is 31.2 Å². The quantitative estimate of drug-likeness (QED) is 0.929. The predicted octanol–water partition coefficient (Wildman–Crippen LogP) is 3.70. The van der Waals surface area contributed by atoms with Gasteiger partial charge in [0, 0.05) is 16.8 Å². The van der Waals surface area contributed by atoms with Crippen molar-refractivity contribution in [3.05, 3.63) is 68.6 Å². The lowest BCUT2D eigenvalue weighted by atomic mass is 10.1. The molecule has 1 saturated carbocycles. The first kappa shape index (κ1) is 15.8. The zero-order chi connectivity index (χ0) is 16.6. The van der Waals surface area contributed by atoms with Gasteiger partial charge < -0.3 is 9.88 Å². The summed E-state index contributed by atoms with van der Waals surface area (Å²) in [5, 5.41) is 0.635. The van der Waals surface area contributed by atoms with Crippen LogP contribution in [0.2, 0.25) is 5.02 Å². The van der Waals surface area contributed by atoms with Gasteiger partial charge >= 0.3 is 0 Å². The van der Waals surface area contributed by atoms with Crippen molar-refractivity contribution >= 4 is 17.5 Å². The lowest BCUT2D eigenvalue weighted by molar-refractivity contribution is 0.0672. The number of pyridine rings is 1. The molecule has 1 atom stereocenters. The number of hydrogen-bond donors (Lipinski definition) is 1. The zero-order valence-corrected chi connectivity index (χ0v) is 13.9. The number of halogens is 1. The Kier molecular flexibility index (Phi) is 4.26. The van der Waals surface area contributed by atoms with Gasteiger partial charge in [-0.15, -0.1) is 0 Å². The van der Waals surface area contributed by atoms with Crippen LogP contribution in [-0.2, 0) is 0 Å². The normalized spacial score (nSPS) is 15.3. The highest BCUT2D eigenvalue weighted by atomic mass is 35.5. The number of nitrogens with zero attached hydrogens (tertiary/aromatic N) is 1. The molecule has 0 aliphatic heterocycles. The summed E-state index contributed by atoms with van der Waals surface area (Å²) < 4.78 is 0. The highest BCUT2D eigenvalue weighted by Crippen LogP contribution is 2.37. The molecule has 1 unspecified atom stereocenters. The molecule has 1 aromatic carbocycles. The molecule has 1 N–H and O–H groups in total. The lowest BCUT2D eigenvalue weighted by Gasteiger charge is -2.30. The molecule has 120 valence electrons. The van der Waals surface area contributed by atoms with Gasteiger partial charge in [-0.25, -0.2) is 0 Å². The fourth-order valence-corrected chi connectivity index (χ4v) is 3.15. The fraction of sp³-hybridized carbons (Fsp3) is 0.333. The van der Waals surface area contributed by atoms with Crippen molar-refractivity contribution in [2.45, 2.75) is 38.8 Å². The van der Waals surface area contributed by atoms with Crippen molar-refractivity contribution in [3.8, 4) is 0 Å². The molecule has 2 aromatic rings. The topological polar surface area (TPSA) is 53.2 Å². The lowest BCUT2D eigenvalue weighted by Crippen LogP contribution is -2.38. The second kappa shape index (κ2) is 6.20. The monoisotopic (exact) mass is 330 g/mol. The van der Waals surface area contributed by atoms with Gasteiger partial charge in [0.15, 0.2) is 0 Å². The van der Waals surface area contributed by atoms with Crippen LogP contribution in [0.4, 0.5) is 0 Å². The first-order valence-corrected chi connectivity index (χ1v) is 8.14. The Balaban J connectivity index is 1.97. The van der Waals surface area contributed by atoms with Crippen LogP contribution in [-0.4, -0.2) is 21.8 Å². The van der Waals surface area contributed by atoms with E-state index in [-0.39, 0.29) is 29.1 Å². The maximum absolute atomic E-state index is 12.9. The van der Waals surface area contributed by atoms with Crippen molar-refractivity contribution in [2.75, 3.05) is 0 Å². The van der Waals surface area contributed by atoms with Gasteiger partial charge in [-0.1, -0.05) is 29.8 Å². The van der Waals surface area contributed by atoms with E-state index in [1.54, 1.807) is 24.0 Å². The van der Waals surface area contributed by atoms with E-state index in [2.05, 4.69) is 4.98 Å². The molecule has 1 amide bonds. The number of rotatable bonds is 4. The Morgan fingerprint density at radius 3 is 2.57 bits per heavy atom. The van der Waals surface area contributed by atoms with Crippen LogP contribution in [0, 0.1) is 6.92 Å². The summed E-state index contributed by atoms with van der Waals surface area (Å²) in [6, 6.07) is 10.9. The minimum absolute atomic E-state index is 0.175. The number of aromatic nitrogens is 1. The highest BCUT2D eigenvalue weighted by molar-refractivity contribution is 6.31. The van der Waals surface area contributed by atoms with Gasteiger partial charge in [-0.3, -0.25) is 9.59 Å². The number of aromatic amines is 1. The first-order valence-electron chi connectivity index (χ1n) is 7.76. The summed E-state index contributed by atoms with van der Waals surface area (Å²) in [5.41, 5.74) is 1.48. The Morgan fingerprint density at radius 2 is 1.96 bits per heavy atom. The number of aryl methyl sites for hydroxylation is 1. The van der Waals surface area contributed by atoms with Crippen molar-refractivity contribution < 1.29 is 4.79 Å². The minimum Gasteiger partial charge on any atom is -0.329 e. The molecular formula is C18H19ClN2O2. The van der Waals surface area contributed by atoms with Gasteiger partial charge in [-0.2, -0.15) is 0 Å². The summed E-state index contributed by atoms with van der Waals surface area (Å²) in [6.07, 6.45) is 1.93. The van der Waals surface area contributed by atoms with Crippen LogP contribution in [0.5, 0.6) is 0 Å². The molecule has 23 heavy (non-hydrogen) atoms. The third-order valence-corrected chi connectivity index (χ3v) is 4.58. The minimum atomic E-state index is -0.341. The van der Waals surface area contributed by atoms with Crippen molar-refractivity contribution in [1.82, 2.24) is 9.88 Å². The summed E-state index contributed by atoms with van der Waals surface area (Å²) in [6.45, 7) is 3.75. The molecule has 3 rings (SSSR count). The van der Waals surface area contributed by atoms with Crippen LogP contribution in [0.15, 0.2) is 41.2 Å². The van der Waals surface area contributed by atoms with Crippen LogP contribution in [0.3, 0.4) is 0 Å². The van der Waals surface area contributed by atoms with Crippen molar-refractivity contribution in [3.63, 3.8) is 0 Å². The van der Waals surface area contributed by atoms with Gasteiger partial charge in [0.2, 0.25) is 0 Å². The van der Waals surface area contributed by atoms with E-state index in [1.165, 1.54) is 0 Å². The molecule has 1 heterocycles. The maximum atomic E-state index is 12.9. The summed E-state index contributed by atoms with van der Waals surface area (Å²) in [5.74, 6) is -0.235. The second-order valence-corrected chi connectivity index (χ2v) is 6.43. The SMILES string of the molecule is Cc1ccc(C(=O)N(C2CC2)C(C)c2ccccc2Cl)c(=O)[nH]1. The first-order chi connectivity index (χ1) is 11.0. The molecule has 1 aliphatic carbocycles. The van der Waals surface area contributed by atoms with Crippen molar-refractivity contribution in [1.29, 1.82) is 0 Å². The molecule has 1 aromatic heterocycles. The van der Waals surface area contributed by atoms with E-state index in [0.29, 0.717) is 5.02 Å². The van der Waals surface area contributed by atoms with E-state index >= 15 is 0 Å². The number of hydrogen-bond acceptors (Lipinski definition) is 2. The van der Waals surface area contributed by atoms with Gasteiger partial charge in [-0.05, 0) is 50.5 Å². The Bertz CT molecular complexity index is 796. The van der Waals surface area contributed by atoms with Crippen LogP contribution in [0.25, 0.3) is 0 Å². The van der Waals surface area contributed by atoms with E-state index in [0.717, 1.165) is 24.1 Å². The average Bonchev–Trinajstić information content (AvgIpc) is 3.32. The molecule has 1 fully saturated rings. The Labute approximate surface area is 140 Å². The Morgan fingerprint density at radius 1 is 1.26 bits per heavy atom. The van der Waals surface area contributed by atoms with E-state index in [4.69, 9.17) is 11.6 Å². The number of H-pyrrole nitrogens is 1. The summed E-state index contributed by atoms with van der Waals surface area (Å²) in [7, 11) is 0. The molecule has 0 radical (unpaired) electrons. The van der Waals surface area contributed by atoms with Gasteiger partial charge in [0.1, 0.15) is 5.56 Å². The second-order valence-electron chi connectivity index (χ2n) is 6.03. The molecule has 1 aliphatic rings. The third-order valence-electron chi connectivity index (χ3n) is 4.23. The molecular weight excluding hydrogens is 312 g/mol. The molecule has 5 heteroatoms. The smallest absolute Gasteiger partial charge is 0.260 e. The fourth-order valence-electron chi connectivity index (χ4n) is 2.85. The average molecular weight is 331 g/mol. The number of benzene rings is 1. The van der Waals surface area contributed by atoms with Gasteiger partial charge in [0.05, 0.1) is 6.04 Å². The van der Waals surface area contributed by atoms with Gasteiger partial charge in [0.25, 0.3) is 11.5 Å². The summed E-state index contributed by atoms with van der Waals surface area (Å²) >= 11 is 6.29. The number of carbonyl (C=O) groups excluding carboxylic acids is 1. The number of carbonyl (C=O) groups is 1. The summed E-state index contributed by atoms with van der Waals surface area (Å²) in [4.78, 5) is 29.6.